The highest BCUT2D eigenvalue weighted by molar-refractivity contribution is 7.10. The van der Waals surface area contributed by atoms with Gasteiger partial charge in [-0.1, -0.05) is 12.5 Å². The summed E-state index contributed by atoms with van der Waals surface area (Å²) < 4.78 is 16.6. The van der Waals surface area contributed by atoms with Crippen LogP contribution in [0.5, 0.6) is 17.2 Å². The highest BCUT2D eigenvalue weighted by Gasteiger charge is 2.37. The second-order valence-corrected chi connectivity index (χ2v) is 7.41. The van der Waals surface area contributed by atoms with Crippen molar-refractivity contribution in [2.75, 3.05) is 27.9 Å². The maximum Gasteiger partial charge on any atom is 0.320 e. The summed E-state index contributed by atoms with van der Waals surface area (Å²) in [6.45, 7) is 0.719. The van der Waals surface area contributed by atoms with Crippen LogP contribution in [0.4, 0.5) is 0 Å². The first-order valence-corrected chi connectivity index (χ1v) is 9.81. The summed E-state index contributed by atoms with van der Waals surface area (Å²) in [5, 5.41) is 11.8. The lowest BCUT2D eigenvalue weighted by atomic mass is 9.94. The lowest BCUT2D eigenvalue weighted by molar-refractivity contribution is -0.145. The molecule has 3 rings (SSSR count). The number of methoxy groups -OCH3 is 3. The van der Waals surface area contributed by atoms with E-state index < -0.39 is 12.0 Å². The standard InChI is InChI=1S/C20H25NO5S/c1-24-15-10-9-13(18(25-2)19(15)26-3)17(16-8-6-12-27-16)21-11-5-4-7-14(21)20(22)23/h6,8-10,12,14,17H,4-5,7,11H2,1-3H3,(H,22,23). The van der Waals surface area contributed by atoms with Crippen LogP contribution in [0.25, 0.3) is 0 Å². The Hall–Kier alpha value is -2.25. The second kappa shape index (κ2) is 8.63. The third-order valence-corrected chi connectivity index (χ3v) is 5.93. The molecule has 0 aliphatic carbocycles. The minimum atomic E-state index is -0.782. The SMILES string of the molecule is COc1ccc(C(c2cccs2)N2CCCCC2C(=O)O)c(OC)c1OC. The lowest BCUT2D eigenvalue weighted by Crippen LogP contribution is -2.46. The maximum absolute atomic E-state index is 11.9. The number of hydrogen-bond acceptors (Lipinski definition) is 6. The molecule has 27 heavy (non-hydrogen) atoms. The number of piperidine rings is 1. The Labute approximate surface area is 163 Å². The minimum absolute atomic E-state index is 0.221. The van der Waals surface area contributed by atoms with E-state index in [2.05, 4.69) is 4.90 Å². The van der Waals surface area contributed by atoms with E-state index in [9.17, 15) is 9.90 Å². The fraction of sp³-hybridized carbons (Fsp3) is 0.450. The van der Waals surface area contributed by atoms with Crippen LogP contribution in [-0.2, 0) is 4.79 Å². The molecule has 1 N–H and O–H groups in total. The van der Waals surface area contributed by atoms with Crippen LogP contribution in [0.3, 0.4) is 0 Å². The van der Waals surface area contributed by atoms with Crippen molar-refractivity contribution in [3.05, 3.63) is 40.1 Å². The van der Waals surface area contributed by atoms with Crippen molar-refractivity contribution < 1.29 is 24.1 Å². The van der Waals surface area contributed by atoms with Gasteiger partial charge in [-0.05, 0) is 43.0 Å². The van der Waals surface area contributed by atoms with Crippen LogP contribution >= 0.6 is 11.3 Å². The summed E-state index contributed by atoms with van der Waals surface area (Å²) in [6, 6.07) is 7.07. The predicted molar refractivity (Wildman–Crippen MR) is 104 cm³/mol. The van der Waals surface area contributed by atoms with Crippen LogP contribution in [0.1, 0.15) is 35.7 Å². The van der Waals surface area contributed by atoms with Crippen molar-refractivity contribution >= 4 is 17.3 Å². The number of rotatable bonds is 7. The van der Waals surface area contributed by atoms with Crippen molar-refractivity contribution in [1.82, 2.24) is 4.90 Å². The van der Waals surface area contributed by atoms with Gasteiger partial charge in [-0.3, -0.25) is 9.69 Å². The third kappa shape index (κ3) is 3.75. The summed E-state index contributed by atoms with van der Waals surface area (Å²) in [6.07, 6.45) is 2.54. The molecule has 2 aromatic rings. The quantitative estimate of drug-likeness (QED) is 0.774. The largest absolute Gasteiger partial charge is 0.493 e. The number of ether oxygens (including phenoxy) is 3. The highest BCUT2D eigenvalue weighted by atomic mass is 32.1. The van der Waals surface area contributed by atoms with Crippen molar-refractivity contribution in [3.63, 3.8) is 0 Å². The first kappa shape index (κ1) is 19.5. The molecular weight excluding hydrogens is 366 g/mol. The van der Waals surface area contributed by atoms with E-state index >= 15 is 0 Å². The number of hydrogen-bond donors (Lipinski definition) is 1. The Balaban J connectivity index is 2.16. The molecule has 0 bridgehead atoms. The van der Waals surface area contributed by atoms with Gasteiger partial charge < -0.3 is 19.3 Å². The molecular formula is C20H25NO5S. The molecule has 1 aromatic carbocycles. The Morgan fingerprint density at radius 1 is 1.15 bits per heavy atom. The number of aliphatic carboxylic acids is 1. The van der Waals surface area contributed by atoms with Gasteiger partial charge in [-0.25, -0.2) is 0 Å². The number of likely N-dealkylation sites (tertiary alicyclic amines) is 1. The molecule has 0 saturated carbocycles. The molecule has 2 unspecified atom stereocenters. The van der Waals surface area contributed by atoms with Gasteiger partial charge in [-0.15, -0.1) is 11.3 Å². The molecule has 1 fully saturated rings. The van der Waals surface area contributed by atoms with Crippen LogP contribution in [0, 0.1) is 0 Å². The number of carbonyl (C=O) groups is 1. The molecule has 1 aromatic heterocycles. The van der Waals surface area contributed by atoms with Crippen molar-refractivity contribution in [2.24, 2.45) is 0 Å². The molecule has 0 amide bonds. The average molecular weight is 391 g/mol. The van der Waals surface area contributed by atoms with Gasteiger partial charge >= 0.3 is 5.97 Å². The highest BCUT2D eigenvalue weighted by Crippen LogP contribution is 2.47. The fourth-order valence-corrected chi connectivity index (χ4v) is 4.67. The van der Waals surface area contributed by atoms with E-state index in [4.69, 9.17) is 14.2 Å². The molecule has 0 radical (unpaired) electrons. The minimum Gasteiger partial charge on any atom is -0.493 e. The zero-order valence-corrected chi connectivity index (χ0v) is 16.6. The second-order valence-electron chi connectivity index (χ2n) is 6.43. The Bertz CT molecular complexity index is 777. The molecule has 1 saturated heterocycles. The molecule has 6 nitrogen and oxygen atoms in total. The molecule has 2 heterocycles. The predicted octanol–water partition coefficient (Wildman–Crippen LogP) is 3.80. The van der Waals surface area contributed by atoms with Crippen LogP contribution in [0.15, 0.2) is 29.6 Å². The van der Waals surface area contributed by atoms with E-state index in [1.54, 1.807) is 32.7 Å². The third-order valence-electron chi connectivity index (χ3n) is 5.00. The van der Waals surface area contributed by atoms with Crippen LogP contribution in [-0.4, -0.2) is 49.9 Å². The zero-order chi connectivity index (χ0) is 19.4. The van der Waals surface area contributed by atoms with Gasteiger partial charge in [0, 0.05) is 10.4 Å². The first-order chi connectivity index (χ1) is 13.1. The Morgan fingerprint density at radius 3 is 2.52 bits per heavy atom. The Kier molecular flexibility index (Phi) is 6.23. The van der Waals surface area contributed by atoms with E-state index in [0.717, 1.165) is 29.8 Å². The van der Waals surface area contributed by atoms with Crippen LogP contribution in [0.2, 0.25) is 0 Å². The normalized spacial score (nSPS) is 18.7. The summed E-state index contributed by atoms with van der Waals surface area (Å²) in [5.41, 5.74) is 0.880. The number of nitrogens with zero attached hydrogens (tertiary/aromatic N) is 1. The first-order valence-electron chi connectivity index (χ1n) is 8.93. The van der Waals surface area contributed by atoms with Gasteiger partial charge in [0.2, 0.25) is 5.75 Å². The number of thiophene rings is 1. The summed E-state index contributed by atoms with van der Waals surface area (Å²) in [7, 11) is 4.75. The number of carboxylic acid groups (broad SMARTS) is 1. The van der Waals surface area contributed by atoms with Gasteiger partial charge in [0.25, 0.3) is 0 Å². The van der Waals surface area contributed by atoms with E-state index in [1.807, 2.05) is 29.6 Å². The van der Waals surface area contributed by atoms with E-state index in [1.165, 1.54) is 0 Å². The summed E-state index contributed by atoms with van der Waals surface area (Å²) >= 11 is 1.61. The maximum atomic E-state index is 11.9. The molecule has 1 aliphatic rings. The van der Waals surface area contributed by atoms with E-state index in [-0.39, 0.29) is 6.04 Å². The monoisotopic (exact) mass is 391 g/mol. The number of carboxylic acids is 1. The van der Waals surface area contributed by atoms with Gasteiger partial charge in [0.1, 0.15) is 6.04 Å². The molecule has 7 heteroatoms. The average Bonchev–Trinajstić information content (AvgIpc) is 3.22. The molecule has 1 aliphatic heterocycles. The molecule has 2 atom stereocenters. The molecule has 0 spiro atoms. The van der Waals surface area contributed by atoms with Crippen molar-refractivity contribution in [2.45, 2.75) is 31.3 Å². The van der Waals surface area contributed by atoms with Crippen molar-refractivity contribution in [1.29, 1.82) is 0 Å². The van der Waals surface area contributed by atoms with Crippen LogP contribution < -0.4 is 14.2 Å². The van der Waals surface area contributed by atoms with Gasteiger partial charge in [-0.2, -0.15) is 0 Å². The number of benzene rings is 1. The smallest absolute Gasteiger partial charge is 0.320 e. The summed E-state index contributed by atoms with van der Waals surface area (Å²) in [4.78, 5) is 15.1. The van der Waals surface area contributed by atoms with E-state index in [0.29, 0.717) is 23.7 Å². The summed E-state index contributed by atoms with van der Waals surface area (Å²) in [5.74, 6) is 0.889. The van der Waals surface area contributed by atoms with Gasteiger partial charge in [0.05, 0.1) is 27.4 Å². The van der Waals surface area contributed by atoms with Crippen molar-refractivity contribution in [3.8, 4) is 17.2 Å². The lowest BCUT2D eigenvalue weighted by Gasteiger charge is -2.39. The Morgan fingerprint density at radius 2 is 1.93 bits per heavy atom. The van der Waals surface area contributed by atoms with Gasteiger partial charge in [0.15, 0.2) is 11.5 Å². The fourth-order valence-electron chi connectivity index (χ4n) is 3.81. The zero-order valence-electron chi connectivity index (χ0n) is 15.8. The molecule has 146 valence electrons. The topological polar surface area (TPSA) is 68.2 Å².